The minimum Gasteiger partial charge on any atom is -0.482 e. The molecule has 2 rings (SSSR count). The first kappa shape index (κ1) is 14.8. The Hall–Kier alpha value is -2.57. The highest BCUT2D eigenvalue weighted by molar-refractivity contribution is 6.02. The number of nitrogens with zero attached hydrogens (tertiary/aromatic N) is 2. The maximum Gasteiger partial charge on any atom is 0.344 e. The van der Waals surface area contributed by atoms with Crippen LogP contribution in [0.3, 0.4) is 0 Å². The fourth-order valence-corrected chi connectivity index (χ4v) is 2.01. The van der Waals surface area contributed by atoms with Gasteiger partial charge >= 0.3 is 5.97 Å². The molecule has 0 bridgehead atoms. The van der Waals surface area contributed by atoms with E-state index in [1.54, 1.807) is 30.0 Å². The summed E-state index contributed by atoms with van der Waals surface area (Å²) < 4.78 is 5.38. The molecule has 0 fully saturated rings. The van der Waals surface area contributed by atoms with Crippen molar-refractivity contribution in [2.24, 2.45) is 5.16 Å². The molecule has 0 saturated carbocycles. The molecule has 1 aliphatic rings. The van der Waals surface area contributed by atoms with Gasteiger partial charge in [-0.3, -0.25) is 4.79 Å². The second-order valence-electron chi connectivity index (χ2n) is 4.45. The molecule has 112 valence electrons. The van der Waals surface area contributed by atoms with E-state index in [2.05, 4.69) is 5.16 Å². The highest BCUT2D eigenvalue weighted by Crippen LogP contribution is 2.32. The van der Waals surface area contributed by atoms with Crippen LogP contribution in [0.15, 0.2) is 23.4 Å². The van der Waals surface area contributed by atoms with Gasteiger partial charge < -0.3 is 19.6 Å². The molecule has 7 nitrogen and oxygen atoms in total. The number of fused-ring (bicyclic) bond motifs is 1. The van der Waals surface area contributed by atoms with Gasteiger partial charge in [0.1, 0.15) is 5.75 Å². The van der Waals surface area contributed by atoms with Crippen LogP contribution in [0.1, 0.15) is 19.4 Å². The second-order valence-corrected chi connectivity index (χ2v) is 4.45. The van der Waals surface area contributed by atoms with Crippen LogP contribution < -0.4 is 9.64 Å². The summed E-state index contributed by atoms with van der Waals surface area (Å²) in [6.45, 7) is 3.67. The van der Waals surface area contributed by atoms with Crippen molar-refractivity contribution < 1.29 is 24.3 Å². The molecule has 1 heterocycles. The monoisotopic (exact) mass is 292 g/mol. The van der Waals surface area contributed by atoms with E-state index in [1.807, 2.05) is 6.92 Å². The van der Waals surface area contributed by atoms with Crippen molar-refractivity contribution in [1.29, 1.82) is 0 Å². The first-order valence-corrected chi connectivity index (χ1v) is 6.49. The molecule has 21 heavy (non-hydrogen) atoms. The summed E-state index contributed by atoms with van der Waals surface area (Å²) >= 11 is 0. The van der Waals surface area contributed by atoms with E-state index in [1.165, 1.54) is 0 Å². The van der Waals surface area contributed by atoms with Crippen molar-refractivity contribution in [3.05, 3.63) is 23.8 Å². The Morgan fingerprint density at radius 3 is 2.95 bits per heavy atom. The molecule has 1 N–H and O–H groups in total. The summed E-state index contributed by atoms with van der Waals surface area (Å²) in [5, 5.41) is 12.2. The zero-order chi connectivity index (χ0) is 15.4. The van der Waals surface area contributed by atoms with Crippen molar-refractivity contribution >= 4 is 23.3 Å². The molecule has 1 aromatic rings. The number of anilines is 1. The SMILES string of the molecule is CCN1C(=O)COc2ccc(/C(C)=N/OCC(=O)O)cc21. The zero-order valence-electron chi connectivity index (χ0n) is 11.8. The number of carboxylic acid groups (broad SMARTS) is 1. The van der Waals surface area contributed by atoms with Crippen LogP contribution in [0.5, 0.6) is 5.75 Å². The summed E-state index contributed by atoms with van der Waals surface area (Å²) in [6, 6.07) is 5.32. The Balaban J connectivity index is 2.25. The first-order chi connectivity index (χ1) is 10.0. The molecule has 0 aromatic heterocycles. The average molecular weight is 292 g/mol. The number of carboxylic acids is 1. The molecular weight excluding hydrogens is 276 g/mol. The zero-order valence-corrected chi connectivity index (χ0v) is 11.8. The molecule has 0 radical (unpaired) electrons. The lowest BCUT2D eigenvalue weighted by Crippen LogP contribution is -2.38. The first-order valence-electron chi connectivity index (χ1n) is 6.49. The molecule has 0 aliphatic carbocycles. The number of amides is 1. The highest BCUT2D eigenvalue weighted by atomic mass is 16.6. The molecular formula is C14H16N2O5. The van der Waals surface area contributed by atoms with Crippen molar-refractivity contribution in [3.8, 4) is 5.75 Å². The lowest BCUT2D eigenvalue weighted by Gasteiger charge is -2.28. The topological polar surface area (TPSA) is 88.4 Å². The predicted octanol–water partition coefficient (Wildman–Crippen LogP) is 1.26. The van der Waals surface area contributed by atoms with Gasteiger partial charge in [0.25, 0.3) is 5.91 Å². The minimum atomic E-state index is -1.09. The number of hydrogen-bond donors (Lipinski definition) is 1. The van der Waals surface area contributed by atoms with Gasteiger partial charge in [0.15, 0.2) is 6.61 Å². The predicted molar refractivity (Wildman–Crippen MR) is 75.8 cm³/mol. The normalized spacial score (nSPS) is 14.5. The van der Waals surface area contributed by atoms with Crippen molar-refractivity contribution in [2.75, 3.05) is 24.7 Å². The van der Waals surface area contributed by atoms with E-state index < -0.39 is 12.6 Å². The molecule has 1 aliphatic heterocycles. The third kappa shape index (κ3) is 3.31. The fraction of sp³-hybridized carbons (Fsp3) is 0.357. The van der Waals surface area contributed by atoms with E-state index in [9.17, 15) is 9.59 Å². The van der Waals surface area contributed by atoms with Crippen LogP contribution in [-0.4, -0.2) is 42.5 Å². The van der Waals surface area contributed by atoms with Gasteiger partial charge in [-0.2, -0.15) is 0 Å². The van der Waals surface area contributed by atoms with Gasteiger partial charge in [0.05, 0.1) is 11.4 Å². The van der Waals surface area contributed by atoms with E-state index in [4.69, 9.17) is 14.7 Å². The Labute approximate surface area is 121 Å². The standard InChI is InChI=1S/C14H16N2O5/c1-3-16-11-6-10(9(2)15-21-8-14(18)19)4-5-12(11)20-7-13(16)17/h4-6H,3,7-8H2,1-2H3,(H,18,19)/b15-9+. The number of benzene rings is 1. The number of oxime groups is 1. The highest BCUT2D eigenvalue weighted by Gasteiger charge is 2.24. The van der Waals surface area contributed by atoms with Crippen molar-refractivity contribution in [1.82, 2.24) is 0 Å². The van der Waals surface area contributed by atoms with E-state index >= 15 is 0 Å². The molecule has 1 aromatic carbocycles. The largest absolute Gasteiger partial charge is 0.482 e. The number of rotatable bonds is 5. The van der Waals surface area contributed by atoms with Gasteiger partial charge in [-0.25, -0.2) is 4.79 Å². The molecule has 7 heteroatoms. The summed E-state index contributed by atoms with van der Waals surface area (Å²) in [4.78, 5) is 28.5. The van der Waals surface area contributed by atoms with Crippen LogP contribution >= 0.6 is 0 Å². The lowest BCUT2D eigenvalue weighted by molar-refractivity contribution is -0.142. The third-order valence-electron chi connectivity index (χ3n) is 3.03. The summed E-state index contributed by atoms with van der Waals surface area (Å²) in [6.07, 6.45) is 0. The molecule has 0 spiro atoms. The number of carbonyl (C=O) groups excluding carboxylic acids is 1. The fourth-order valence-electron chi connectivity index (χ4n) is 2.01. The Bertz CT molecular complexity index is 597. The van der Waals surface area contributed by atoms with Crippen LogP contribution in [0.2, 0.25) is 0 Å². The second kappa shape index (κ2) is 6.25. The Kier molecular flexibility index (Phi) is 4.42. The van der Waals surface area contributed by atoms with E-state index in [-0.39, 0.29) is 12.5 Å². The van der Waals surface area contributed by atoms with Gasteiger partial charge in [-0.1, -0.05) is 5.16 Å². The van der Waals surface area contributed by atoms with Crippen LogP contribution in [0.25, 0.3) is 0 Å². The quantitative estimate of drug-likeness (QED) is 0.652. The maximum atomic E-state index is 11.8. The van der Waals surface area contributed by atoms with Crippen molar-refractivity contribution in [3.63, 3.8) is 0 Å². The van der Waals surface area contributed by atoms with E-state index in [0.29, 0.717) is 23.7 Å². The number of carbonyl (C=O) groups is 2. The Morgan fingerprint density at radius 1 is 1.52 bits per heavy atom. The summed E-state index contributed by atoms with van der Waals surface area (Å²) in [7, 11) is 0. The molecule has 0 atom stereocenters. The lowest BCUT2D eigenvalue weighted by atomic mass is 10.1. The Morgan fingerprint density at radius 2 is 2.29 bits per heavy atom. The van der Waals surface area contributed by atoms with Crippen molar-refractivity contribution in [2.45, 2.75) is 13.8 Å². The molecule has 0 unspecified atom stereocenters. The van der Waals surface area contributed by atoms with Gasteiger partial charge in [0, 0.05) is 12.1 Å². The van der Waals surface area contributed by atoms with Gasteiger partial charge in [0.2, 0.25) is 6.61 Å². The minimum absolute atomic E-state index is 0.0367. The van der Waals surface area contributed by atoms with Crippen LogP contribution in [-0.2, 0) is 14.4 Å². The average Bonchev–Trinajstić information content (AvgIpc) is 2.46. The van der Waals surface area contributed by atoms with Gasteiger partial charge in [-0.05, 0) is 32.0 Å². The van der Waals surface area contributed by atoms with E-state index in [0.717, 1.165) is 5.56 Å². The smallest absolute Gasteiger partial charge is 0.344 e. The third-order valence-corrected chi connectivity index (χ3v) is 3.03. The molecule has 1 amide bonds. The maximum absolute atomic E-state index is 11.8. The molecule has 0 saturated heterocycles. The summed E-state index contributed by atoms with van der Waals surface area (Å²) in [5.41, 5.74) is 1.93. The van der Waals surface area contributed by atoms with Crippen LogP contribution in [0.4, 0.5) is 5.69 Å². The number of aliphatic carboxylic acids is 1. The summed E-state index contributed by atoms with van der Waals surface area (Å²) in [5.74, 6) is -0.550. The van der Waals surface area contributed by atoms with Crippen LogP contribution in [0, 0.1) is 0 Å². The number of hydrogen-bond acceptors (Lipinski definition) is 5. The van der Waals surface area contributed by atoms with Gasteiger partial charge in [-0.15, -0.1) is 0 Å². The number of likely N-dealkylation sites (N-methyl/N-ethyl adjacent to an activating group) is 1. The number of ether oxygens (including phenoxy) is 1.